The molecule has 0 radical (unpaired) electrons. The Labute approximate surface area is 83.6 Å². The van der Waals surface area contributed by atoms with Gasteiger partial charge in [0.2, 0.25) is 0 Å². The first kappa shape index (κ1) is 9.34. The summed E-state index contributed by atoms with van der Waals surface area (Å²) in [5, 5.41) is 8.63. The van der Waals surface area contributed by atoms with Gasteiger partial charge in [0.05, 0.1) is 5.56 Å². The minimum atomic E-state index is -0.789. The molecule has 1 aromatic carbocycles. The minimum absolute atomic E-state index is 0.140. The largest absolute Gasteiger partial charge is 0.442 e. The highest BCUT2D eigenvalue weighted by atomic mass is 19.1. The molecule has 0 amide bonds. The average Bonchev–Trinajstić information content (AvgIpc) is 2.65. The van der Waals surface area contributed by atoms with Gasteiger partial charge in [-0.05, 0) is 12.1 Å². The van der Waals surface area contributed by atoms with E-state index in [0.717, 1.165) is 18.5 Å². The van der Waals surface area contributed by atoms with Crippen LogP contribution in [0.5, 0.6) is 0 Å². The fourth-order valence-corrected chi connectivity index (χ4v) is 1.22. The number of rotatable bonds is 1. The summed E-state index contributed by atoms with van der Waals surface area (Å²) in [5.41, 5.74) is -0.509. The maximum absolute atomic E-state index is 13.3. The van der Waals surface area contributed by atoms with Crippen LogP contribution in [0.1, 0.15) is 5.69 Å². The summed E-state index contributed by atoms with van der Waals surface area (Å²) in [6, 6.07) is 5.09. The van der Waals surface area contributed by atoms with Gasteiger partial charge in [0.15, 0.2) is 17.8 Å². The van der Waals surface area contributed by atoms with Crippen molar-refractivity contribution in [2.75, 3.05) is 0 Å². The molecular formula is C10H4F2N2O. The molecule has 2 aromatic rings. The minimum Gasteiger partial charge on any atom is -0.442 e. The summed E-state index contributed by atoms with van der Waals surface area (Å²) in [6.07, 6.45) is 0.972. The Morgan fingerprint density at radius 3 is 2.53 bits per heavy atom. The summed E-state index contributed by atoms with van der Waals surface area (Å²) in [5.74, 6) is -1.76. The van der Waals surface area contributed by atoms with Crippen molar-refractivity contribution in [3.63, 3.8) is 0 Å². The molecule has 1 heterocycles. The lowest BCUT2D eigenvalue weighted by atomic mass is 10.1. The fourth-order valence-electron chi connectivity index (χ4n) is 1.22. The Bertz CT molecular complexity index is 522. The van der Waals surface area contributed by atoms with E-state index in [1.807, 2.05) is 0 Å². The lowest BCUT2D eigenvalue weighted by molar-refractivity contribution is 0.543. The smallest absolute Gasteiger partial charge is 0.187 e. The third-order valence-corrected chi connectivity index (χ3v) is 1.86. The average molecular weight is 206 g/mol. The van der Waals surface area contributed by atoms with Crippen LogP contribution >= 0.6 is 0 Å². The number of benzene rings is 1. The van der Waals surface area contributed by atoms with Crippen molar-refractivity contribution in [1.82, 2.24) is 4.98 Å². The van der Waals surface area contributed by atoms with Crippen LogP contribution in [-0.4, -0.2) is 4.98 Å². The molecule has 1 aromatic heterocycles. The molecule has 0 N–H and O–H groups in total. The van der Waals surface area contributed by atoms with Crippen LogP contribution in [0.2, 0.25) is 0 Å². The molecule has 15 heavy (non-hydrogen) atoms. The van der Waals surface area contributed by atoms with Gasteiger partial charge in [-0.1, -0.05) is 6.07 Å². The Morgan fingerprint density at radius 1 is 1.27 bits per heavy atom. The van der Waals surface area contributed by atoms with Crippen LogP contribution in [0.4, 0.5) is 8.78 Å². The zero-order valence-corrected chi connectivity index (χ0v) is 7.37. The molecular weight excluding hydrogens is 202 g/mol. The molecule has 0 saturated heterocycles. The molecule has 0 aliphatic carbocycles. The van der Waals surface area contributed by atoms with Crippen LogP contribution in [0, 0.1) is 23.0 Å². The van der Waals surface area contributed by atoms with Crippen molar-refractivity contribution in [1.29, 1.82) is 5.26 Å². The number of hydrogen-bond donors (Lipinski definition) is 0. The number of oxazole rings is 1. The monoisotopic (exact) mass is 206 g/mol. The van der Waals surface area contributed by atoms with Crippen molar-refractivity contribution in [2.24, 2.45) is 0 Å². The molecule has 0 aliphatic heterocycles. The Hall–Kier alpha value is -2.22. The van der Waals surface area contributed by atoms with E-state index in [-0.39, 0.29) is 17.0 Å². The predicted molar refractivity (Wildman–Crippen MR) is 46.6 cm³/mol. The normalized spacial score (nSPS) is 9.93. The van der Waals surface area contributed by atoms with Crippen molar-refractivity contribution in [3.8, 4) is 17.4 Å². The molecule has 5 heteroatoms. The van der Waals surface area contributed by atoms with Gasteiger partial charge in [-0.2, -0.15) is 5.26 Å². The summed E-state index contributed by atoms with van der Waals surface area (Å²) in [6.45, 7) is 0. The van der Waals surface area contributed by atoms with Crippen LogP contribution in [0.25, 0.3) is 11.3 Å². The predicted octanol–water partition coefficient (Wildman–Crippen LogP) is 2.49. The van der Waals surface area contributed by atoms with Gasteiger partial charge in [-0.25, -0.2) is 13.8 Å². The van der Waals surface area contributed by atoms with E-state index in [2.05, 4.69) is 4.98 Å². The van der Waals surface area contributed by atoms with Crippen molar-refractivity contribution < 1.29 is 13.2 Å². The van der Waals surface area contributed by atoms with Crippen molar-refractivity contribution in [2.45, 2.75) is 0 Å². The van der Waals surface area contributed by atoms with Gasteiger partial charge < -0.3 is 4.42 Å². The number of nitriles is 1. The zero-order chi connectivity index (χ0) is 10.8. The van der Waals surface area contributed by atoms with Crippen LogP contribution in [-0.2, 0) is 0 Å². The standard InChI is InChI=1S/C10H4F2N2O/c11-6-2-1-3-7(12)9(6)10-8(4-13)14-5-15-10/h1-3,5H. The molecule has 0 saturated carbocycles. The molecule has 0 spiro atoms. The van der Waals surface area contributed by atoms with Gasteiger partial charge in [-0.3, -0.25) is 0 Å². The van der Waals surface area contributed by atoms with E-state index in [0.29, 0.717) is 0 Å². The van der Waals surface area contributed by atoms with E-state index in [1.54, 1.807) is 6.07 Å². The highest BCUT2D eigenvalue weighted by Gasteiger charge is 2.18. The lowest BCUT2D eigenvalue weighted by Crippen LogP contribution is -1.90. The Balaban J connectivity index is 2.70. The summed E-state index contributed by atoms with van der Waals surface area (Å²) >= 11 is 0. The lowest BCUT2D eigenvalue weighted by Gasteiger charge is -2.00. The number of nitrogens with zero attached hydrogens (tertiary/aromatic N) is 2. The maximum Gasteiger partial charge on any atom is 0.187 e. The SMILES string of the molecule is N#Cc1ncoc1-c1c(F)cccc1F. The maximum atomic E-state index is 13.3. The number of aromatic nitrogens is 1. The quantitative estimate of drug-likeness (QED) is 0.720. The second-order valence-electron chi connectivity index (χ2n) is 2.74. The van der Waals surface area contributed by atoms with Gasteiger partial charge >= 0.3 is 0 Å². The number of hydrogen-bond acceptors (Lipinski definition) is 3. The van der Waals surface area contributed by atoms with E-state index < -0.39 is 11.6 Å². The van der Waals surface area contributed by atoms with Crippen LogP contribution < -0.4 is 0 Å². The fraction of sp³-hybridized carbons (Fsp3) is 0. The van der Waals surface area contributed by atoms with Crippen LogP contribution in [0.3, 0.4) is 0 Å². The zero-order valence-electron chi connectivity index (χ0n) is 7.37. The molecule has 0 atom stereocenters. The molecule has 2 rings (SSSR count). The Morgan fingerprint density at radius 2 is 1.93 bits per heavy atom. The third-order valence-electron chi connectivity index (χ3n) is 1.86. The first-order valence-corrected chi connectivity index (χ1v) is 4.02. The summed E-state index contributed by atoms with van der Waals surface area (Å²) in [4.78, 5) is 3.53. The first-order valence-electron chi connectivity index (χ1n) is 4.02. The van der Waals surface area contributed by atoms with E-state index >= 15 is 0 Å². The highest BCUT2D eigenvalue weighted by molar-refractivity contribution is 5.63. The van der Waals surface area contributed by atoms with Crippen LogP contribution in [0.15, 0.2) is 29.0 Å². The van der Waals surface area contributed by atoms with Crippen molar-refractivity contribution in [3.05, 3.63) is 41.9 Å². The summed E-state index contributed by atoms with van der Waals surface area (Å²) < 4.78 is 31.4. The first-order chi connectivity index (χ1) is 7.24. The molecule has 0 unspecified atom stereocenters. The third kappa shape index (κ3) is 1.46. The Kier molecular flexibility index (Phi) is 2.18. The molecule has 0 fully saturated rings. The number of halogens is 2. The van der Waals surface area contributed by atoms with Crippen molar-refractivity contribution >= 4 is 0 Å². The van der Waals surface area contributed by atoms with Gasteiger partial charge in [0.25, 0.3) is 0 Å². The van der Waals surface area contributed by atoms with Gasteiger partial charge in [-0.15, -0.1) is 0 Å². The second-order valence-corrected chi connectivity index (χ2v) is 2.74. The van der Waals surface area contributed by atoms with E-state index in [9.17, 15) is 8.78 Å². The molecule has 3 nitrogen and oxygen atoms in total. The van der Waals surface area contributed by atoms with E-state index in [4.69, 9.17) is 9.68 Å². The molecule has 74 valence electrons. The summed E-state index contributed by atoms with van der Waals surface area (Å²) in [7, 11) is 0. The highest BCUT2D eigenvalue weighted by Crippen LogP contribution is 2.27. The van der Waals surface area contributed by atoms with E-state index in [1.165, 1.54) is 6.07 Å². The molecule has 0 aliphatic rings. The van der Waals surface area contributed by atoms with Gasteiger partial charge in [0, 0.05) is 0 Å². The topological polar surface area (TPSA) is 49.8 Å². The molecule has 0 bridgehead atoms. The van der Waals surface area contributed by atoms with Gasteiger partial charge in [0.1, 0.15) is 17.7 Å². The second kappa shape index (κ2) is 3.50.